The lowest BCUT2D eigenvalue weighted by Gasteiger charge is -2.11. The maximum Gasteiger partial charge on any atom is 0.149 e. The first-order chi connectivity index (χ1) is 8.08. The van der Waals surface area contributed by atoms with Crippen LogP contribution in [-0.4, -0.2) is 0 Å². The first-order valence-corrected chi connectivity index (χ1v) is 5.15. The third kappa shape index (κ3) is 2.36. The summed E-state index contributed by atoms with van der Waals surface area (Å²) in [6.45, 7) is 1.83. The van der Waals surface area contributed by atoms with E-state index in [1.54, 1.807) is 18.2 Å². The maximum atomic E-state index is 13.4. The van der Waals surface area contributed by atoms with Crippen LogP contribution in [0.1, 0.15) is 5.56 Å². The number of rotatable bonds is 2. The van der Waals surface area contributed by atoms with Gasteiger partial charge in [-0.2, -0.15) is 0 Å². The number of halogens is 2. The molecule has 0 radical (unpaired) electrons. The highest BCUT2D eigenvalue weighted by molar-refractivity contribution is 5.69. The summed E-state index contributed by atoms with van der Waals surface area (Å²) in [5.74, 6) is -1.23. The molecule has 0 aromatic heterocycles. The number of nitrogens with one attached hydrogen (secondary N) is 1. The van der Waals surface area contributed by atoms with Crippen LogP contribution >= 0.6 is 0 Å². The zero-order valence-corrected chi connectivity index (χ0v) is 9.30. The van der Waals surface area contributed by atoms with Crippen molar-refractivity contribution in [1.82, 2.24) is 0 Å². The number of anilines is 3. The van der Waals surface area contributed by atoms with Crippen molar-refractivity contribution in [2.75, 3.05) is 11.1 Å². The molecular formula is C13H12F2N2. The molecule has 4 heteroatoms. The van der Waals surface area contributed by atoms with Gasteiger partial charge in [0.15, 0.2) is 0 Å². The smallest absolute Gasteiger partial charge is 0.149 e. The average molecular weight is 234 g/mol. The zero-order valence-electron chi connectivity index (χ0n) is 9.30. The molecule has 0 aliphatic heterocycles. The minimum Gasteiger partial charge on any atom is -0.398 e. The molecule has 88 valence electrons. The van der Waals surface area contributed by atoms with E-state index >= 15 is 0 Å². The molecule has 0 aliphatic carbocycles. The lowest BCUT2D eigenvalue weighted by Crippen LogP contribution is -1.99. The normalized spacial score (nSPS) is 10.3. The molecule has 0 saturated heterocycles. The summed E-state index contributed by atoms with van der Waals surface area (Å²) in [5, 5.41) is 2.89. The third-order valence-corrected chi connectivity index (χ3v) is 2.58. The lowest BCUT2D eigenvalue weighted by atomic mass is 10.1. The van der Waals surface area contributed by atoms with Gasteiger partial charge >= 0.3 is 0 Å². The van der Waals surface area contributed by atoms with Crippen LogP contribution in [0.5, 0.6) is 0 Å². The van der Waals surface area contributed by atoms with E-state index in [0.717, 1.165) is 11.6 Å². The largest absolute Gasteiger partial charge is 0.398 e. The summed E-state index contributed by atoms with van der Waals surface area (Å²) < 4.78 is 26.2. The Bertz CT molecular complexity index is 553. The van der Waals surface area contributed by atoms with E-state index in [2.05, 4.69) is 5.32 Å². The van der Waals surface area contributed by atoms with Gasteiger partial charge < -0.3 is 11.1 Å². The van der Waals surface area contributed by atoms with E-state index in [9.17, 15) is 8.78 Å². The van der Waals surface area contributed by atoms with Crippen molar-refractivity contribution in [2.45, 2.75) is 6.92 Å². The van der Waals surface area contributed by atoms with Crippen molar-refractivity contribution in [1.29, 1.82) is 0 Å². The zero-order chi connectivity index (χ0) is 12.4. The van der Waals surface area contributed by atoms with Crippen LogP contribution in [0.25, 0.3) is 0 Å². The maximum absolute atomic E-state index is 13.4. The summed E-state index contributed by atoms with van der Waals surface area (Å²) in [6.07, 6.45) is 0. The fraction of sp³-hybridized carbons (Fsp3) is 0.0769. The lowest BCUT2D eigenvalue weighted by molar-refractivity contribution is 0.586. The fourth-order valence-corrected chi connectivity index (χ4v) is 1.52. The number of hydrogen-bond acceptors (Lipinski definition) is 2. The molecule has 17 heavy (non-hydrogen) atoms. The summed E-state index contributed by atoms with van der Waals surface area (Å²) in [6, 6.07) is 8.71. The van der Waals surface area contributed by atoms with Gasteiger partial charge in [-0.25, -0.2) is 8.78 Å². The second-order valence-corrected chi connectivity index (χ2v) is 3.77. The van der Waals surface area contributed by atoms with Gasteiger partial charge in [0, 0.05) is 17.4 Å². The molecule has 0 heterocycles. The predicted molar refractivity (Wildman–Crippen MR) is 65.2 cm³/mol. The van der Waals surface area contributed by atoms with E-state index in [0.29, 0.717) is 11.4 Å². The molecule has 2 nitrogen and oxygen atoms in total. The van der Waals surface area contributed by atoms with Crippen LogP contribution in [0.2, 0.25) is 0 Å². The molecule has 2 aromatic rings. The molecule has 0 atom stereocenters. The van der Waals surface area contributed by atoms with Gasteiger partial charge in [-0.15, -0.1) is 0 Å². The predicted octanol–water partition coefficient (Wildman–Crippen LogP) is 3.60. The number of nitrogen functional groups attached to an aromatic ring is 1. The number of hydrogen-bond donors (Lipinski definition) is 2. The quantitative estimate of drug-likeness (QED) is 0.779. The van der Waals surface area contributed by atoms with Gasteiger partial charge in [-0.3, -0.25) is 0 Å². The van der Waals surface area contributed by atoms with Crippen LogP contribution < -0.4 is 11.1 Å². The minimum atomic E-state index is -0.633. The first-order valence-electron chi connectivity index (χ1n) is 5.15. The Morgan fingerprint density at radius 1 is 1.06 bits per heavy atom. The van der Waals surface area contributed by atoms with E-state index < -0.39 is 11.6 Å². The standard InChI is InChI=1S/C13H12F2N2/c1-8-11(16)3-2-4-12(8)17-13-6-5-9(14)7-10(13)15/h2-7,17H,16H2,1H3. The van der Waals surface area contributed by atoms with Gasteiger partial charge in [0.05, 0.1) is 5.69 Å². The van der Waals surface area contributed by atoms with Crippen molar-refractivity contribution < 1.29 is 8.78 Å². The summed E-state index contributed by atoms with van der Waals surface area (Å²) in [7, 11) is 0. The molecular weight excluding hydrogens is 222 g/mol. The Labute approximate surface area is 98.1 Å². The minimum absolute atomic E-state index is 0.222. The van der Waals surface area contributed by atoms with Crippen LogP contribution in [-0.2, 0) is 0 Å². The second kappa shape index (κ2) is 4.41. The van der Waals surface area contributed by atoms with Gasteiger partial charge in [-0.05, 0) is 36.8 Å². The van der Waals surface area contributed by atoms with E-state index in [1.165, 1.54) is 12.1 Å². The van der Waals surface area contributed by atoms with Gasteiger partial charge in [-0.1, -0.05) is 6.07 Å². The Kier molecular flexibility index (Phi) is 2.95. The van der Waals surface area contributed by atoms with Crippen molar-refractivity contribution in [3.63, 3.8) is 0 Å². The average Bonchev–Trinajstić information content (AvgIpc) is 2.28. The molecule has 0 aliphatic rings. The molecule has 2 aromatic carbocycles. The SMILES string of the molecule is Cc1c(N)cccc1Nc1ccc(F)cc1F. The van der Waals surface area contributed by atoms with E-state index in [-0.39, 0.29) is 5.69 Å². The molecule has 0 fully saturated rings. The Balaban J connectivity index is 2.35. The van der Waals surface area contributed by atoms with Crippen molar-refractivity contribution in [2.24, 2.45) is 0 Å². The monoisotopic (exact) mass is 234 g/mol. The molecule has 3 N–H and O–H groups in total. The van der Waals surface area contributed by atoms with E-state index in [4.69, 9.17) is 5.73 Å². The van der Waals surface area contributed by atoms with Crippen molar-refractivity contribution >= 4 is 17.1 Å². The topological polar surface area (TPSA) is 38.0 Å². The highest BCUT2D eigenvalue weighted by Crippen LogP contribution is 2.26. The number of benzene rings is 2. The summed E-state index contributed by atoms with van der Waals surface area (Å²) in [4.78, 5) is 0. The highest BCUT2D eigenvalue weighted by Gasteiger charge is 2.06. The fourth-order valence-electron chi connectivity index (χ4n) is 1.52. The van der Waals surface area contributed by atoms with Crippen LogP contribution in [0, 0.1) is 18.6 Å². The molecule has 0 unspecified atom stereocenters. The summed E-state index contributed by atoms with van der Waals surface area (Å²) in [5.41, 5.74) is 8.12. The van der Waals surface area contributed by atoms with Gasteiger partial charge in [0.2, 0.25) is 0 Å². The third-order valence-electron chi connectivity index (χ3n) is 2.58. The highest BCUT2D eigenvalue weighted by atomic mass is 19.1. The Morgan fingerprint density at radius 3 is 2.53 bits per heavy atom. The molecule has 2 rings (SSSR count). The Morgan fingerprint density at radius 2 is 1.82 bits per heavy atom. The van der Waals surface area contributed by atoms with E-state index in [1.807, 2.05) is 6.92 Å². The van der Waals surface area contributed by atoms with Crippen molar-refractivity contribution in [3.05, 3.63) is 53.6 Å². The second-order valence-electron chi connectivity index (χ2n) is 3.77. The Hall–Kier alpha value is -2.10. The molecule has 0 saturated carbocycles. The number of nitrogens with two attached hydrogens (primary N) is 1. The van der Waals surface area contributed by atoms with Gasteiger partial charge in [0.1, 0.15) is 11.6 Å². The van der Waals surface area contributed by atoms with Crippen LogP contribution in [0.15, 0.2) is 36.4 Å². The van der Waals surface area contributed by atoms with Crippen molar-refractivity contribution in [3.8, 4) is 0 Å². The van der Waals surface area contributed by atoms with Gasteiger partial charge in [0.25, 0.3) is 0 Å². The van der Waals surface area contributed by atoms with Crippen LogP contribution in [0.4, 0.5) is 25.8 Å². The summed E-state index contributed by atoms with van der Waals surface area (Å²) >= 11 is 0. The molecule has 0 bridgehead atoms. The molecule has 0 amide bonds. The van der Waals surface area contributed by atoms with Crippen LogP contribution in [0.3, 0.4) is 0 Å². The molecule has 0 spiro atoms. The first kappa shape index (κ1) is 11.4.